The summed E-state index contributed by atoms with van der Waals surface area (Å²) >= 11 is 0. The molecule has 0 bridgehead atoms. The Morgan fingerprint density at radius 1 is 1.10 bits per heavy atom. The maximum atomic E-state index is 12.7. The van der Waals surface area contributed by atoms with Gasteiger partial charge in [0, 0.05) is 38.4 Å². The number of alkyl halides is 3. The van der Waals surface area contributed by atoms with E-state index in [-0.39, 0.29) is 18.0 Å². The fourth-order valence-corrected chi connectivity index (χ4v) is 3.28. The molecule has 162 valence electrons. The van der Waals surface area contributed by atoms with Gasteiger partial charge >= 0.3 is 6.18 Å². The molecular formula is C20H18F3N5O3. The lowest BCUT2D eigenvalue weighted by atomic mass is 10.2. The van der Waals surface area contributed by atoms with Crippen LogP contribution in [0.1, 0.15) is 5.56 Å². The van der Waals surface area contributed by atoms with E-state index >= 15 is 0 Å². The van der Waals surface area contributed by atoms with E-state index in [0.29, 0.717) is 43.5 Å². The van der Waals surface area contributed by atoms with Gasteiger partial charge in [0.15, 0.2) is 5.76 Å². The molecule has 1 saturated heterocycles. The summed E-state index contributed by atoms with van der Waals surface area (Å²) in [4.78, 5) is 36.4. The molecule has 1 aliphatic rings. The molecular weight excluding hydrogens is 415 g/mol. The van der Waals surface area contributed by atoms with Crippen molar-refractivity contribution in [3.05, 3.63) is 65.0 Å². The number of rotatable bonds is 4. The maximum Gasteiger partial charge on any atom is 0.417 e. The van der Waals surface area contributed by atoms with Crippen LogP contribution in [0.5, 0.6) is 0 Å². The topological polar surface area (TPSA) is 84.5 Å². The van der Waals surface area contributed by atoms with Gasteiger partial charge in [-0.1, -0.05) is 0 Å². The van der Waals surface area contributed by atoms with Crippen molar-refractivity contribution in [1.82, 2.24) is 19.4 Å². The minimum absolute atomic E-state index is 0.150. The van der Waals surface area contributed by atoms with E-state index in [0.717, 1.165) is 12.3 Å². The normalized spacial score (nSPS) is 14.7. The second kappa shape index (κ2) is 8.25. The average molecular weight is 433 g/mol. The predicted molar refractivity (Wildman–Crippen MR) is 104 cm³/mol. The summed E-state index contributed by atoms with van der Waals surface area (Å²) < 4.78 is 44.4. The third-order valence-electron chi connectivity index (χ3n) is 4.99. The minimum Gasteiger partial charge on any atom is -0.463 e. The molecule has 0 aliphatic carbocycles. The van der Waals surface area contributed by atoms with Crippen LogP contribution in [-0.2, 0) is 17.5 Å². The van der Waals surface area contributed by atoms with Gasteiger partial charge in [-0.3, -0.25) is 14.2 Å². The van der Waals surface area contributed by atoms with Crippen molar-refractivity contribution >= 4 is 11.7 Å². The smallest absolute Gasteiger partial charge is 0.417 e. The second-order valence-corrected chi connectivity index (χ2v) is 6.99. The monoisotopic (exact) mass is 433 g/mol. The largest absolute Gasteiger partial charge is 0.463 e. The lowest BCUT2D eigenvalue weighted by molar-refractivity contribution is -0.138. The summed E-state index contributed by atoms with van der Waals surface area (Å²) in [7, 11) is 0. The number of carbonyl (C=O) groups excluding carboxylic acids is 1. The van der Waals surface area contributed by atoms with Crippen LogP contribution in [-0.4, -0.2) is 51.5 Å². The fraction of sp³-hybridized carbons (Fsp3) is 0.300. The third-order valence-corrected chi connectivity index (χ3v) is 4.99. The standard InChI is InChI=1S/C20H18F3N5O3/c21-20(22,23)14-3-4-17(24-11-14)26-5-7-27(8-6-26)19(30)12-28-13-25-15(10-18(28)29)16-2-1-9-31-16/h1-4,9-11,13H,5-8,12H2. The number of piperazine rings is 1. The first-order chi connectivity index (χ1) is 14.8. The number of pyridine rings is 1. The quantitative estimate of drug-likeness (QED) is 0.628. The Kier molecular flexibility index (Phi) is 5.49. The molecule has 3 aromatic heterocycles. The van der Waals surface area contributed by atoms with Crippen LogP contribution >= 0.6 is 0 Å². The zero-order chi connectivity index (χ0) is 22.0. The summed E-state index contributed by atoms with van der Waals surface area (Å²) in [6.07, 6.45) is -0.842. The molecule has 3 aromatic rings. The summed E-state index contributed by atoms with van der Waals surface area (Å²) in [5.74, 6) is 0.646. The fourth-order valence-electron chi connectivity index (χ4n) is 3.28. The van der Waals surface area contributed by atoms with Crippen molar-refractivity contribution in [1.29, 1.82) is 0 Å². The van der Waals surface area contributed by atoms with Gasteiger partial charge in [-0.2, -0.15) is 13.2 Å². The maximum absolute atomic E-state index is 12.7. The average Bonchev–Trinajstić information content (AvgIpc) is 3.30. The molecule has 0 radical (unpaired) electrons. The molecule has 11 heteroatoms. The van der Waals surface area contributed by atoms with E-state index in [1.54, 1.807) is 17.0 Å². The van der Waals surface area contributed by atoms with Crippen LogP contribution in [0.15, 0.2) is 58.3 Å². The number of nitrogens with zero attached hydrogens (tertiary/aromatic N) is 5. The number of hydrogen-bond acceptors (Lipinski definition) is 6. The lowest BCUT2D eigenvalue weighted by Crippen LogP contribution is -2.50. The van der Waals surface area contributed by atoms with Crippen molar-refractivity contribution in [3.63, 3.8) is 0 Å². The first kappa shape index (κ1) is 20.6. The predicted octanol–water partition coefficient (Wildman–Crippen LogP) is 2.27. The van der Waals surface area contributed by atoms with Crippen LogP contribution in [0, 0.1) is 0 Å². The van der Waals surface area contributed by atoms with Crippen molar-refractivity contribution in [2.45, 2.75) is 12.7 Å². The number of furan rings is 1. The molecule has 4 heterocycles. The second-order valence-electron chi connectivity index (χ2n) is 6.99. The summed E-state index contributed by atoms with van der Waals surface area (Å²) in [6.45, 7) is 1.44. The van der Waals surface area contributed by atoms with Gasteiger partial charge in [0.2, 0.25) is 5.91 Å². The number of halogens is 3. The number of hydrogen-bond donors (Lipinski definition) is 0. The zero-order valence-electron chi connectivity index (χ0n) is 16.2. The Morgan fingerprint density at radius 3 is 2.45 bits per heavy atom. The van der Waals surface area contributed by atoms with E-state index in [1.807, 2.05) is 4.90 Å². The molecule has 31 heavy (non-hydrogen) atoms. The van der Waals surface area contributed by atoms with E-state index in [9.17, 15) is 22.8 Å². The van der Waals surface area contributed by atoms with Crippen LogP contribution in [0.4, 0.5) is 19.0 Å². The van der Waals surface area contributed by atoms with E-state index < -0.39 is 11.7 Å². The van der Waals surface area contributed by atoms with Gasteiger partial charge in [0.1, 0.15) is 18.1 Å². The number of aromatic nitrogens is 3. The van der Waals surface area contributed by atoms with Crippen molar-refractivity contribution in [2.24, 2.45) is 0 Å². The summed E-state index contributed by atoms with van der Waals surface area (Å²) in [5.41, 5.74) is -0.791. The van der Waals surface area contributed by atoms with Crippen molar-refractivity contribution < 1.29 is 22.4 Å². The van der Waals surface area contributed by atoms with Crippen LogP contribution in [0.25, 0.3) is 11.5 Å². The molecule has 0 saturated carbocycles. The van der Waals surface area contributed by atoms with Crippen molar-refractivity contribution in [3.8, 4) is 11.5 Å². The first-order valence-electron chi connectivity index (χ1n) is 9.47. The Labute approximate surface area is 174 Å². The number of anilines is 1. The summed E-state index contributed by atoms with van der Waals surface area (Å²) in [5, 5.41) is 0. The molecule has 1 fully saturated rings. The highest BCUT2D eigenvalue weighted by atomic mass is 19.4. The van der Waals surface area contributed by atoms with E-state index in [2.05, 4.69) is 9.97 Å². The molecule has 0 atom stereocenters. The molecule has 8 nitrogen and oxygen atoms in total. The van der Waals surface area contributed by atoms with Crippen LogP contribution in [0.3, 0.4) is 0 Å². The van der Waals surface area contributed by atoms with Crippen LogP contribution in [0.2, 0.25) is 0 Å². The van der Waals surface area contributed by atoms with Crippen molar-refractivity contribution in [2.75, 3.05) is 31.1 Å². The van der Waals surface area contributed by atoms with Gasteiger partial charge in [0.05, 0.1) is 18.2 Å². The summed E-state index contributed by atoms with van der Waals surface area (Å²) in [6, 6.07) is 6.99. The Bertz CT molecular complexity index is 1100. The molecule has 0 N–H and O–H groups in total. The Morgan fingerprint density at radius 2 is 1.87 bits per heavy atom. The minimum atomic E-state index is -4.43. The third kappa shape index (κ3) is 4.60. The molecule has 0 aromatic carbocycles. The van der Waals surface area contributed by atoms with E-state index in [4.69, 9.17) is 4.42 Å². The Hall–Kier alpha value is -3.63. The van der Waals surface area contributed by atoms with Gasteiger partial charge in [-0.15, -0.1) is 0 Å². The molecule has 1 aliphatic heterocycles. The highest BCUT2D eigenvalue weighted by Gasteiger charge is 2.31. The van der Waals surface area contributed by atoms with Gasteiger partial charge in [-0.05, 0) is 24.3 Å². The molecule has 0 unspecified atom stereocenters. The molecule has 1 amide bonds. The lowest BCUT2D eigenvalue weighted by Gasteiger charge is -2.35. The van der Waals surface area contributed by atoms with Gasteiger partial charge in [-0.25, -0.2) is 9.97 Å². The molecule has 4 rings (SSSR count). The number of carbonyl (C=O) groups is 1. The van der Waals surface area contributed by atoms with E-state index in [1.165, 1.54) is 29.3 Å². The zero-order valence-corrected chi connectivity index (χ0v) is 16.2. The highest BCUT2D eigenvalue weighted by Crippen LogP contribution is 2.29. The molecule has 0 spiro atoms. The number of amides is 1. The SMILES string of the molecule is O=C(Cn1cnc(-c2ccco2)cc1=O)N1CCN(c2ccc(C(F)(F)F)cn2)CC1. The van der Waals surface area contributed by atoms with Crippen LogP contribution < -0.4 is 10.5 Å². The van der Waals surface area contributed by atoms with Gasteiger partial charge < -0.3 is 14.2 Å². The first-order valence-corrected chi connectivity index (χ1v) is 9.47. The highest BCUT2D eigenvalue weighted by molar-refractivity contribution is 5.76. The van der Waals surface area contributed by atoms with Gasteiger partial charge in [0.25, 0.3) is 5.56 Å². The Balaban J connectivity index is 1.35.